The lowest BCUT2D eigenvalue weighted by atomic mass is 10.0. The number of para-hydroxylation sites is 2. The fourth-order valence-electron chi connectivity index (χ4n) is 2.72. The second-order valence-electron chi connectivity index (χ2n) is 6.33. The largest absolute Gasteiger partial charge is 0.483 e. The van der Waals surface area contributed by atoms with Crippen LogP contribution in [0.15, 0.2) is 72.8 Å². The maximum absolute atomic E-state index is 13.7. The Kier molecular flexibility index (Phi) is 6.71. The summed E-state index contributed by atoms with van der Waals surface area (Å²) in [6.45, 7) is -0.362. The Bertz CT molecular complexity index is 1180. The van der Waals surface area contributed by atoms with E-state index in [1.165, 1.54) is 42.5 Å². The summed E-state index contributed by atoms with van der Waals surface area (Å²) in [6.07, 6.45) is 1.56. The van der Waals surface area contributed by atoms with Crippen molar-refractivity contribution in [2.24, 2.45) is 0 Å². The second-order valence-corrected chi connectivity index (χ2v) is 6.33. The van der Waals surface area contributed by atoms with Crippen molar-refractivity contribution in [2.45, 2.75) is 0 Å². The van der Waals surface area contributed by atoms with E-state index in [0.717, 1.165) is 0 Å². The van der Waals surface area contributed by atoms with E-state index < -0.39 is 16.6 Å². The van der Waals surface area contributed by atoms with Crippen LogP contribution in [0, 0.1) is 27.3 Å². The van der Waals surface area contributed by atoms with Crippen molar-refractivity contribution < 1.29 is 18.8 Å². The Morgan fingerprint density at radius 3 is 2.45 bits per heavy atom. The molecule has 0 fully saturated rings. The number of nitrogens with zero attached hydrogens (tertiary/aromatic N) is 2. The van der Waals surface area contributed by atoms with E-state index in [1.54, 1.807) is 36.4 Å². The molecular weight excluding hydrogens is 401 g/mol. The number of carbonyl (C=O) groups is 1. The van der Waals surface area contributed by atoms with Crippen LogP contribution >= 0.6 is 0 Å². The summed E-state index contributed by atoms with van der Waals surface area (Å²) in [4.78, 5) is 22.4. The zero-order valence-corrected chi connectivity index (χ0v) is 16.1. The van der Waals surface area contributed by atoms with E-state index in [9.17, 15) is 24.6 Å². The number of non-ortho nitro benzene ring substituents is 1. The highest BCUT2D eigenvalue weighted by atomic mass is 19.1. The van der Waals surface area contributed by atoms with E-state index in [-0.39, 0.29) is 23.6 Å². The molecule has 3 aromatic carbocycles. The standard InChI is InChI=1S/C23H16FN3O4/c24-20-6-2-3-7-21(20)26-23(28)15-31-22-8-4-1-5-17(22)13-18(14-25)16-9-11-19(12-10-16)27(29)30/h1-13H,15H2,(H,26,28)/b18-13+. The van der Waals surface area contributed by atoms with Crippen molar-refractivity contribution >= 4 is 28.9 Å². The number of nitrogens with one attached hydrogen (secondary N) is 1. The third kappa shape index (κ3) is 5.52. The van der Waals surface area contributed by atoms with Gasteiger partial charge in [0.25, 0.3) is 11.6 Å². The zero-order valence-electron chi connectivity index (χ0n) is 16.1. The first-order valence-corrected chi connectivity index (χ1v) is 9.11. The third-order valence-corrected chi connectivity index (χ3v) is 4.24. The normalized spacial score (nSPS) is 10.8. The molecule has 1 N–H and O–H groups in total. The fraction of sp³-hybridized carbons (Fsp3) is 0.0435. The number of benzene rings is 3. The van der Waals surface area contributed by atoms with Gasteiger partial charge in [-0.15, -0.1) is 0 Å². The van der Waals surface area contributed by atoms with Crippen molar-refractivity contribution in [1.82, 2.24) is 0 Å². The van der Waals surface area contributed by atoms with Crippen molar-refractivity contribution in [3.63, 3.8) is 0 Å². The molecule has 0 atom stereocenters. The van der Waals surface area contributed by atoms with Gasteiger partial charge in [0, 0.05) is 17.7 Å². The molecule has 0 saturated heterocycles. The molecule has 8 heteroatoms. The molecule has 0 bridgehead atoms. The van der Waals surface area contributed by atoms with Gasteiger partial charge in [0.05, 0.1) is 22.3 Å². The summed E-state index contributed by atoms with van der Waals surface area (Å²) < 4.78 is 19.2. The van der Waals surface area contributed by atoms with Crippen LogP contribution in [0.5, 0.6) is 5.75 Å². The van der Waals surface area contributed by atoms with Gasteiger partial charge in [-0.25, -0.2) is 4.39 Å². The summed E-state index contributed by atoms with van der Waals surface area (Å²) in [6, 6.07) is 20.2. The van der Waals surface area contributed by atoms with Crippen LogP contribution in [-0.2, 0) is 4.79 Å². The number of nitro groups is 1. The molecule has 0 aliphatic rings. The molecule has 3 aromatic rings. The predicted octanol–water partition coefficient (Wildman–Crippen LogP) is 4.82. The minimum atomic E-state index is -0.555. The van der Waals surface area contributed by atoms with E-state index in [2.05, 4.69) is 11.4 Å². The Labute approximate surface area is 177 Å². The van der Waals surface area contributed by atoms with Gasteiger partial charge >= 0.3 is 0 Å². The molecule has 0 heterocycles. The number of anilines is 1. The maximum Gasteiger partial charge on any atom is 0.269 e. The highest BCUT2D eigenvalue weighted by Gasteiger charge is 2.11. The monoisotopic (exact) mass is 417 g/mol. The molecule has 0 spiro atoms. The molecule has 1 amide bonds. The number of ether oxygens (including phenoxy) is 1. The van der Waals surface area contributed by atoms with Crippen LogP contribution in [0.1, 0.15) is 11.1 Å². The minimum Gasteiger partial charge on any atom is -0.483 e. The van der Waals surface area contributed by atoms with Gasteiger partial charge in [0.15, 0.2) is 6.61 Å². The third-order valence-electron chi connectivity index (χ3n) is 4.24. The first kappa shape index (κ1) is 21.2. The van der Waals surface area contributed by atoms with Crippen LogP contribution in [0.4, 0.5) is 15.8 Å². The van der Waals surface area contributed by atoms with Gasteiger partial charge in [-0.1, -0.05) is 30.3 Å². The molecule has 3 rings (SSSR count). The molecular formula is C23H16FN3O4. The number of carbonyl (C=O) groups excluding carboxylic acids is 1. The van der Waals surface area contributed by atoms with E-state index in [4.69, 9.17) is 4.74 Å². The summed E-state index contributed by atoms with van der Waals surface area (Å²) in [5.74, 6) is -0.749. The Morgan fingerprint density at radius 2 is 1.77 bits per heavy atom. The van der Waals surface area contributed by atoms with Crippen LogP contribution in [0.25, 0.3) is 11.6 Å². The quantitative estimate of drug-likeness (QED) is 0.257. The molecule has 0 unspecified atom stereocenters. The molecule has 0 aromatic heterocycles. The van der Waals surface area contributed by atoms with Crippen molar-refractivity contribution in [3.8, 4) is 11.8 Å². The lowest BCUT2D eigenvalue weighted by Crippen LogP contribution is -2.21. The molecule has 154 valence electrons. The Hall–Kier alpha value is -4.51. The van der Waals surface area contributed by atoms with Crippen LogP contribution < -0.4 is 10.1 Å². The molecule has 0 radical (unpaired) electrons. The van der Waals surface area contributed by atoms with Gasteiger partial charge in [-0.05, 0) is 42.0 Å². The van der Waals surface area contributed by atoms with Crippen molar-refractivity contribution in [3.05, 3.63) is 99.9 Å². The number of nitriles is 1. The Morgan fingerprint density at radius 1 is 1.10 bits per heavy atom. The number of hydrogen-bond donors (Lipinski definition) is 1. The number of hydrogen-bond acceptors (Lipinski definition) is 5. The molecule has 0 aliphatic heterocycles. The SMILES string of the molecule is N#C/C(=C\c1ccccc1OCC(=O)Nc1ccccc1F)c1ccc([N+](=O)[O-])cc1. The Balaban J connectivity index is 1.76. The molecule has 7 nitrogen and oxygen atoms in total. The first-order chi connectivity index (χ1) is 15.0. The average molecular weight is 417 g/mol. The summed E-state index contributed by atoms with van der Waals surface area (Å²) in [5.41, 5.74) is 1.28. The van der Waals surface area contributed by atoms with Gasteiger partial charge in [-0.3, -0.25) is 14.9 Å². The molecule has 31 heavy (non-hydrogen) atoms. The van der Waals surface area contributed by atoms with Crippen LogP contribution in [-0.4, -0.2) is 17.4 Å². The van der Waals surface area contributed by atoms with Gasteiger partial charge in [0.2, 0.25) is 0 Å². The fourth-order valence-corrected chi connectivity index (χ4v) is 2.72. The predicted molar refractivity (Wildman–Crippen MR) is 114 cm³/mol. The minimum absolute atomic E-state index is 0.0502. The topological polar surface area (TPSA) is 105 Å². The number of rotatable bonds is 7. The second kappa shape index (κ2) is 9.80. The average Bonchev–Trinajstić information content (AvgIpc) is 2.78. The van der Waals surface area contributed by atoms with Crippen molar-refractivity contribution in [1.29, 1.82) is 5.26 Å². The van der Waals surface area contributed by atoms with Crippen LogP contribution in [0.2, 0.25) is 0 Å². The van der Waals surface area contributed by atoms with E-state index in [0.29, 0.717) is 16.9 Å². The summed E-state index contributed by atoms with van der Waals surface area (Å²) >= 11 is 0. The number of nitro benzene ring substituents is 1. The van der Waals surface area contributed by atoms with Gasteiger partial charge in [0.1, 0.15) is 11.6 Å². The lowest BCUT2D eigenvalue weighted by molar-refractivity contribution is -0.384. The highest BCUT2D eigenvalue weighted by Crippen LogP contribution is 2.26. The number of amides is 1. The number of halogens is 1. The van der Waals surface area contributed by atoms with Gasteiger partial charge < -0.3 is 10.1 Å². The zero-order chi connectivity index (χ0) is 22.2. The van der Waals surface area contributed by atoms with E-state index >= 15 is 0 Å². The van der Waals surface area contributed by atoms with E-state index in [1.807, 2.05) is 0 Å². The van der Waals surface area contributed by atoms with Crippen LogP contribution in [0.3, 0.4) is 0 Å². The lowest BCUT2D eigenvalue weighted by Gasteiger charge is -2.10. The summed E-state index contributed by atoms with van der Waals surface area (Å²) in [7, 11) is 0. The number of allylic oxidation sites excluding steroid dienone is 1. The highest BCUT2D eigenvalue weighted by molar-refractivity contribution is 5.93. The smallest absolute Gasteiger partial charge is 0.269 e. The summed E-state index contributed by atoms with van der Waals surface area (Å²) in [5, 5.41) is 22.8. The van der Waals surface area contributed by atoms with Crippen molar-refractivity contribution in [2.75, 3.05) is 11.9 Å². The maximum atomic E-state index is 13.7. The van der Waals surface area contributed by atoms with Gasteiger partial charge in [-0.2, -0.15) is 5.26 Å². The molecule has 0 saturated carbocycles. The molecule has 0 aliphatic carbocycles. The first-order valence-electron chi connectivity index (χ1n) is 9.11.